The molecule has 88 valence electrons. The van der Waals surface area contributed by atoms with Gasteiger partial charge in [-0.2, -0.15) is 0 Å². The number of rotatable bonds is 4. The van der Waals surface area contributed by atoms with Crippen LogP contribution in [0.1, 0.15) is 24.3 Å². The van der Waals surface area contributed by atoms with Gasteiger partial charge in [-0.25, -0.2) is 9.78 Å². The van der Waals surface area contributed by atoms with Crippen molar-refractivity contribution in [1.82, 2.24) is 4.98 Å². The predicted molar refractivity (Wildman–Crippen MR) is 63.8 cm³/mol. The number of nitrogens with zero attached hydrogens (tertiary/aromatic N) is 1. The quantitative estimate of drug-likeness (QED) is 0.624. The van der Waals surface area contributed by atoms with E-state index in [0.717, 1.165) is 0 Å². The zero-order chi connectivity index (χ0) is 12.1. The summed E-state index contributed by atoms with van der Waals surface area (Å²) in [5.41, 5.74) is 6.77. The number of hydrogen-bond donors (Lipinski definition) is 2. The first-order valence-electron chi connectivity index (χ1n) is 4.97. The Morgan fingerprint density at radius 2 is 2.31 bits per heavy atom. The molecule has 0 aliphatic rings. The molecule has 1 heterocycles. The molecule has 0 radical (unpaired) electrons. The molecule has 0 saturated carbocycles. The van der Waals surface area contributed by atoms with E-state index < -0.39 is 5.97 Å². The van der Waals surface area contributed by atoms with Crippen LogP contribution in [0.3, 0.4) is 0 Å². The van der Waals surface area contributed by atoms with Crippen LogP contribution in [-0.4, -0.2) is 24.1 Å². The Kier molecular flexibility index (Phi) is 4.37. The Morgan fingerprint density at radius 1 is 1.62 bits per heavy atom. The summed E-state index contributed by atoms with van der Waals surface area (Å²) in [6.45, 7) is 4.60. The molecule has 1 rings (SSSR count). The highest BCUT2D eigenvalue weighted by molar-refractivity contribution is 6.32. The van der Waals surface area contributed by atoms with Gasteiger partial charge in [0, 0.05) is 6.54 Å². The third-order valence-corrected chi connectivity index (χ3v) is 2.15. The summed E-state index contributed by atoms with van der Waals surface area (Å²) in [5, 5.41) is 3.10. The summed E-state index contributed by atoms with van der Waals surface area (Å²) >= 11 is 5.82. The molecule has 5 nitrogen and oxygen atoms in total. The third-order valence-electron chi connectivity index (χ3n) is 1.86. The van der Waals surface area contributed by atoms with Gasteiger partial charge in [-0.3, -0.25) is 0 Å². The van der Waals surface area contributed by atoms with Crippen molar-refractivity contribution in [1.29, 1.82) is 0 Å². The van der Waals surface area contributed by atoms with Gasteiger partial charge in [0.15, 0.2) is 10.8 Å². The van der Waals surface area contributed by atoms with Crippen molar-refractivity contribution in [3.63, 3.8) is 0 Å². The van der Waals surface area contributed by atoms with Gasteiger partial charge in [-0.05, 0) is 19.9 Å². The fraction of sp³-hybridized carbons (Fsp3) is 0.400. The second-order valence-corrected chi connectivity index (χ2v) is 3.37. The van der Waals surface area contributed by atoms with Gasteiger partial charge >= 0.3 is 5.97 Å². The van der Waals surface area contributed by atoms with Crippen molar-refractivity contribution in [2.75, 3.05) is 24.2 Å². The van der Waals surface area contributed by atoms with E-state index in [1.165, 1.54) is 6.07 Å². The van der Waals surface area contributed by atoms with E-state index in [4.69, 9.17) is 22.1 Å². The zero-order valence-corrected chi connectivity index (χ0v) is 9.97. The minimum absolute atomic E-state index is 0.0986. The molecule has 0 bridgehead atoms. The van der Waals surface area contributed by atoms with E-state index >= 15 is 0 Å². The molecule has 0 fully saturated rings. The number of ether oxygens (including phenoxy) is 1. The second kappa shape index (κ2) is 5.55. The minimum atomic E-state index is -0.511. The summed E-state index contributed by atoms with van der Waals surface area (Å²) in [5.74, 6) is -0.511. The summed E-state index contributed by atoms with van der Waals surface area (Å²) in [7, 11) is 0. The molecule has 0 unspecified atom stereocenters. The molecule has 1 aromatic heterocycles. The lowest BCUT2D eigenvalue weighted by Crippen LogP contribution is -2.10. The van der Waals surface area contributed by atoms with Gasteiger partial charge < -0.3 is 15.8 Å². The number of aromatic nitrogens is 1. The Morgan fingerprint density at radius 3 is 2.88 bits per heavy atom. The SMILES string of the molecule is CCNc1cc(C(=O)OCC)nc(Cl)c1N. The van der Waals surface area contributed by atoms with Crippen molar-refractivity contribution >= 4 is 28.9 Å². The molecule has 16 heavy (non-hydrogen) atoms. The highest BCUT2D eigenvalue weighted by atomic mass is 35.5. The zero-order valence-electron chi connectivity index (χ0n) is 9.21. The van der Waals surface area contributed by atoms with Gasteiger partial charge in [-0.1, -0.05) is 11.6 Å². The molecule has 3 N–H and O–H groups in total. The number of nitrogens with one attached hydrogen (secondary N) is 1. The van der Waals surface area contributed by atoms with Crippen LogP contribution < -0.4 is 11.1 Å². The molecule has 0 atom stereocenters. The maximum atomic E-state index is 11.5. The van der Waals surface area contributed by atoms with E-state index in [2.05, 4.69) is 10.3 Å². The first kappa shape index (κ1) is 12.6. The fourth-order valence-electron chi connectivity index (χ4n) is 1.17. The first-order chi connectivity index (χ1) is 7.60. The van der Waals surface area contributed by atoms with Gasteiger partial charge in [0.1, 0.15) is 0 Å². The molecule has 1 aromatic rings. The summed E-state index contributed by atoms with van der Waals surface area (Å²) < 4.78 is 4.83. The summed E-state index contributed by atoms with van der Waals surface area (Å²) in [6, 6.07) is 1.53. The normalized spacial score (nSPS) is 9.94. The number of hydrogen-bond acceptors (Lipinski definition) is 5. The maximum Gasteiger partial charge on any atom is 0.357 e. The number of pyridine rings is 1. The average molecular weight is 244 g/mol. The molecule has 0 aliphatic heterocycles. The number of carbonyl (C=O) groups is 1. The van der Waals surface area contributed by atoms with Crippen molar-refractivity contribution in [3.8, 4) is 0 Å². The smallest absolute Gasteiger partial charge is 0.357 e. The number of anilines is 2. The Bertz CT molecular complexity index is 396. The van der Waals surface area contributed by atoms with Crippen LogP contribution in [0.25, 0.3) is 0 Å². The first-order valence-corrected chi connectivity index (χ1v) is 5.34. The number of carbonyl (C=O) groups excluding carboxylic acids is 1. The molecule has 0 spiro atoms. The van der Waals surface area contributed by atoms with Crippen LogP contribution >= 0.6 is 11.6 Å². The molecule has 6 heteroatoms. The maximum absolute atomic E-state index is 11.5. The van der Waals surface area contributed by atoms with E-state index in [0.29, 0.717) is 24.5 Å². The number of nitrogen functional groups attached to an aromatic ring is 1. The minimum Gasteiger partial charge on any atom is -0.461 e. The van der Waals surface area contributed by atoms with Crippen LogP contribution in [0.2, 0.25) is 5.15 Å². The lowest BCUT2D eigenvalue weighted by molar-refractivity contribution is 0.0519. The monoisotopic (exact) mass is 243 g/mol. The third kappa shape index (κ3) is 2.76. The molecule has 0 amide bonds. The lowest BCUT2D eigenvalue weighted by atomic mass is 10.3. The number of halogens is 1. The Hall–Kier alpha value is -1.49. The van der Waals surface area contributed by atoms with Crippen molar-refractivity contribution in [2.45, 2.75) is 13.8 Å². The number of nitrogens with two attached hydrogens (primary N) is 1. The van der Waals surface area contributed by atoms with E-state index in [-0.39, 0.29) is 10.8 Å². The summed E-state index contributed by atoms with van der Waals surface area (Å²) in [4.78, 5) is 15.3. The highest BCUT2D eigenvalue weighted by Crippen LogP contribution is 2.26. The standard InChI is InChI=1S/C10H14ClN3O2/c1-3-13-6-5-7(10(15)16-4-2)14-9(11)8(6)12/h5H,3-4,12H2,1-2H3,(H,13,14). The molecule has 0 aliphatic carbocycles. The van der Waals surface area contributed by atoms with E-state index in [1.54, 1.807) is 6.92 Å². The lowest BCUT2D eigenvalue weighted by Gasteiger charge is -2.10. The van der Waals surface area contributed by atoms with Crippen LogP contribution in [0.4, 0.5) is 11.4 Å². The van der Waals surface area contributed by atoms with Crippen molar-refractivity contribution in [2.24, 2.45) is 0 Å². The molecular formula is C10H14ClN3O2. The van der Waals surface area contributed by atoms with E-state index in [1.807, 2.05) is 6.92 Å². The molecule has 0 aromatic carbocycles. The largest absolute Gasteiger partial charge is 0.461 e. The summed E-state index contributed by atoms with van der Waals surface area (Å²) in [6.07, 6.45) is 0. The second-order valence-electron chi connectivity index (χ2n) is 3.01. The van der Waals surface area contributed by atoms with Gasteiger partial charge in [0.05, 0.1) is 18.0 Å². The Balaban J connectivity index is 3.08. The average Bonchev–Trinajstić information content (AvgIpc) is 2.25. The van der Waals surface area contributed by atoms with E-state index in [9.17, 15) is 4.79 Å². The highest BCUT2D eigenvalue weighted by Gasteiger charge is 2.14. The number of esters is 1. The van der Waals surface area contributed by atoms with Gasteiger partial charge in [-0.15, -0.1) is 0 Å². The van der Waals surface area contributed by atoms with Gasteiger partial charge in [0.25, 0.3) is 0 Å². The molecule has 0 saturated heterocycles. The van der Waals surface area contributed by atoms with Crippen molar-refractivity contribution in [3.05, 3.63) is 16.9 Å². The van der Waals surface area contributed by atoms with Crippen LogP contribution in [-0.2, 0) is 4.74 Å². The fourth-order valence-corrected chi connectivity index (χ4v) is 1.36. The topological polar surface area (TPSA) is 77.2 Å². The predicted octanol–water partition coefficient (Wildman–Crippen LogP) is 1.93. The van der Waals surface area contributed by atoms with Gasteiger partial charge in [0.2, 0.25) is 0 Å². The van der Waals surface area contributed by atoms with Crippen molar-refractivity contribution < 1.29 is 9.53 Å². The van der Waals surface area contributed by atoms with Crippen LogP contribution in [0.15, 0.2) is 6.07 Å². The van der Waals surface area contributed by atoms with Crippen LogP contribution in [0.5, 0.6) is 0 Å². The van der Waals surface area contributed by atoms with Crippen LogP contribution in [0, 0.1) is 0 Å². The Labute approximate surface area is 98.9 Å². The molecular weight excluding hydrogens is 230 g/mol.